The molecule has 0 bridgehead atoms. The number of pyridine rings is 1. The zero-order chi connectivity index (χ0) is 21.2. The summed E-state index contributed by atoms with van der Waals surface area (Å²) in [6, 6.07) is 11.9. The number of nitrogens with one attached hydrogen (secondary N) is 2. The van der Waals surface area contributed by atoms with Crippen LogP contribution >= 0.6 is 24.0 Å². The van der Waals surface area contributed by atoms with E-state index in [4.69, 9.17) is 9.47 Å². The first-order valence-electron chi connectivity index (χ1n) is 10.4. The van der Waals surface area contributed by atoms with Gasteiger partial charge in [-0.2, -0.15) is 0 Å². The molecule has 0 amide bonds. The SMILES string of the molecule is CCNC(=NCc1nnc2ccccn12)NCCc1ccc(OCC)c(OCC)c1.I. The molecular weight excluding hydrogens is 507 g/mol. The number of aliphatic imine (C=N–C) groups is 1. The lowest BCUT2D eigenvalue weighted by atomic mass is 10.1. The molecule has 3 rings (SSSR count). The third-order valence-electron chi connectivity index (χ3n) is 4.42. The van der Waals surface area contributed by atoms with Gasteiger partial charge in [0, 0.05) is 19.3 Å². The van der Waals surface area contributed by atoms with Crippen LogP contribution in [0.5, 0.6) is 11.5 Å². The van der Waals surface area contributed by atoms with Crippen molar-refractivity contribution in [2.45, 2.75) is 33.7 Å². The van der Waals surface area contributed by atoms with Crippen molar-refractivity contribution in [1.82, 2.24) is 25.2 Å². The summed E-state index contributed by atoms with van der Waals surface area (Å²) in [6.07, 6.45) is 2.78. The van der Waals surface area contributed by atoms with Gasteiger partial charge < -0.3 is 20.1 Å². The van der Waals surface area contributed by atoms with Crippen molar-refractivity contribution in [2.24, 2.45) is 4.99 Å². The standard InChI is InChI=1S/C22H30N6O2.HI/c1-4-23-22(25-16-21-27-26-20-9-7-8-14-28(20)21)24-13-12-17-10-11-18(29-5-2)19(15-17)30-6-3;/h7-11,14-15H,4-6,12-13,16H2,1-3H3,(H2,23,24,25);1H. The molecule has 2 aromatic heterocycles. The van der Waals surface area contributed by atoms with Crippen LogP contribution in [-0.2, 0) is 13.0 Å². The van der Waals surface area contributed by atoms with Crippen LogP contribution in [0.2, 0.25) is 0 Å². The smallest absolute Gasteiger partial charge is 0.191 e. The number of hydrogen-bond donors (Lipinski definition) is 2. The highest BCUT2D eigenvalue weighted by molar-refractivity contribution is 14.0. The summed E-state index contributed by atoms with van der Waals surface area (Å²) in [6.45, 7) is 9.18. The molecule has 2 N–H and O–H groups in total. The van der Waals surface area contributed by atoms with Gasteiger partial charge in [0.15, 0.2) is 28.9 Å². The van der Waals surface area contributed by atoms with Crippen LogP contribution < -0.4 is 20.1 Å². The summed E-state index contributed by atoms with van der Waals surface area (Å²) in [5.41, 5.74) is 2.00. The fourth-order valence-electron chi connectivity index (χ4n) is 3.07. The van der Waals surface area contributed by atoms with E-state index in [0.717, 1.165) is 48.4 Å². The third-order valence-corrected chi connectivity index (χ3v) is 4.42. The van der Waals surface area contributed by atoms with Crippen LogP contribution in [0.3, 0.4) is 0 Å². The van der Waals surface area contributed by atoms with Gasteiger partial charge in [-0.3, -0.25) is 4.40 Å². The van der Waals surface area contributed by atoms with E-state index in [-0.39, 0.29) is 24.0 Å². The molecule has 0 atom stereocenters. The summed E-state index contributed by atoms with van der Waals surface area (Å²) in [4.78, 5) is 4.65. The van der Waals surface area contributed by atoms with Gasteiger partial charge in [-0.1, -0.05) is 12.1 Å². The molecule has 0 saturated carbocycles. The van der Waals surface area contributed by atoms with Crippen molar-refractivity contribution in [1.29, 1.82) is 0 Å². The second-order valence-electron chi connectivity index (χ2n) is 6.56. The molecule has 0 unspecified atom stereocenters. The van der Waals surface area contributed by atoms with Crippen LogP contribution in [0.15, 0.2) is 47.6 Å². The normalized spacial score (nSPS) is 11.1. The van der Waals surface area contributed by atoms with E-state index in [1.165, 1.54) is 5.56 Å². The molecule has 0 saturated heterocycles. The molecule has 0 spiro atoms. The first-order valence-corrected chi connectivity index (χ1v) is 10.4. The van der Waals surface area contributed by atoms with Crippen LogP contribution in [0, 0.1) is 0 Å². The molecule has 0 aliphatic carbocycles. The highest BCUT2D eigenvalue weighted by Crippen LogP contribution is 2.28. The summed E-state index contributed by atoms with van der Waals surface area (Å²) < 4.78 is 13.3. The number of halogens is 1. The molecular formula is C22H31IN6O2. The molecule has 168 valence electrons. The third kappa shape index (κ3) is 6.98. The van der Waals surface area contributed by atoms with Gasteiger partial charge in [0.25, 0.3) is 0 Å². The first kappa shape index (κ1) is 24.7. The van der Waals surface area contributed by atoms with Crippen molar-refractivity contribution in [3.8, 4) is 11.5 Å². The number of hydrogen-bond acceptors (Lipinski definition) is 5. The molecule has 0 radical (unpaired) electrons. The van der Waals surface area contributed by atoms with Crippen LogP contribution in [-0.4, -0.2) is 46.9 Å². The minimum atomic E-state index is 0. The van der Waals surface area contributed by atoms with Gasteiger partial charge in [0.1, 0.15) is 6.54 Å². The second kappa shape index (κ2) is 13.0. The highest BCUT2D eigenvalue weighted by atomic mass is 127. The van der Waals surface area contributed by atoms with Gasteiger partial charge in [0.2, 0.25) is 0 Å². The van der Waals surface area contributed by atoms with E-state index in [9.17, 15) is 0 Å². The van der Waals surface area contributed by atoms with Crippen molar-refractivity contribution < 1.29 is 9.47 Å². The van der Waals surface area contributed by atoms with Gasteiger partial charge in [-0.25, -0.2) is 4.99 Å². The molecule has 1 aromatic carbocycles. The number of benzene rings is 1. The monoisotopic (exact) mass is 538 g/mol. The molecule has 0 aliphatic heterocycles. The summed E-state index contributed by atoms with van der Waals surface area (Å²) >= 11 is 0. The van der Waals surface area contributed by atoms with Gasteiger partial charge >= 0.3 is 0 Å². The second-order valence-corrected chi connectivity index (χ2v) is 6.56. The molecule has 0 aliphatic rings. The Labute approximate surface area is 200 Å². The lowest BCUT2D eigenvalue weighted by Crippen LogP contribution is -2.38. The first-order chi connectivity index (χ1) is 14.7. The van der Waals surface area contributed by atoms with Crippen molar-refractivity contribution in [3.05, 3.63) is 54.0 Å². The van der Waals surface area contributed by atoms with E-state index in [1.54, 1.807) is 0 Å². The van der Waals surface area contributed by atoms with E-state index in [0.29, 0.717) is 19.8 Å². The topological polar surface area (TPSA) is 85.1 Å². The lowest BCUT2D eigenvalue weighted by molar-refractivity contribution is 0.287. The van der Waals surface area contributed by atoms with E-state index in [2.05, 4.69) is 31.9 Å². The van der Waals surface area contributed by atoms with Crippen LogP contribution in [0.4, 0.5) is 0 Å². The Hall–Kier alpha value is -2.56. The number of fused-ring (bicyclic) bond motifs is 1. The molecule has 8 nitrogen and oxygen atoms in total. The molecule has 0 fully saturated rings. The predicted octanol–water partition coefficient (Wildman–Crippen LogP) is 3.44. The quantitative estimate of drug-likeness (QED) is 0.234. The van der Waals surface area contributed by atoms with Crippen molar-refractivity contribution in [2.75, 3.05) is 26.3 Å². The zero-order valence-electron chi connectivity index (χ0n) is 18.3. The van der Waals surface area contributed by atoms with Gasteiger partial charge in [-0.05, 0) is 57.0 Å². The maximum atomic E-state index is 5.71. The Balaban J connectivity index is 0.00000341. The summed E-state index contributed by atoms with van der Waals surface area (Å²) in [7, 11) is 0. The fraction of sp³-hybridized carbons (Fsp3) is 0.409. The average Bonchev–Trinajstić information content (AvgIpc) is 3.17. The van der Waals surface area contributed by atoms with Crippen molar-refractivity contribution in [3.63, 3.8) is 0 Å². The number of nitrogens with zero attached hydrogens (tertiary/aromatic N) is 4. The number of ether oxygens (including phenoxy) is 2. The van der Waals surface area contributed by atoms with Crippen LogP contribution in [0.25, 0.3) is 5.65 Å². The molecule has 2 heterocycles. The van der Waals surface area contributed by atoms with E-state index < -0.39 is 0 Å². The average molecular weight is 538 g/mol. The summed E-state index contributed by atoms with van der Waals surface area (Å²) in [5.74, 6) is 3.12. The van der Waals surface area contributed by atoms with Crippen LogP contribution in [0.1, 0.15) is 32.2 Å². The van der Waals surface area contributed by atoms with Gasteiger partial charge in [-0.15, -0.1) is 34.2 Å². The molecule has 9 heteroatoms. The van der Waals surface area contributed by atoms with Gasteiger partial charge in [0.05, 0.1) is 13.2 Å². The Kier molecular flexibility index (Phi) is 10.3. The lowest BCUT2D eigenvalue weighted by Gasteiger charge is -2.14. The zero-order valence-corrected chi connectivity index (χ0v) is 20.6. The predicted molar refractivity (Wildman–Crippen MR) is 134 cm³/mol. The Morgan fingerprint density at radius 2 is 1.81 bits per heavy atom. The van der Waals surface area contributed by atoms with Crippen molar-refractivity contribution >= 4 is 35.6 Å². The fourth-order valence-corrected chi connectivity index (χ4v) is 3.07. The Bertz CT molecular complexity index is 976. The highest BCUT2D eigenvalue weighted by Gasteiger charge is 2.07. The number of rotatable bonds is 10. The maximum absolute atomic E-state index is 5.71. The number of guanidine groups is 1. The Morgan fingerprint density at radius 1 is 1.00 bits per heavy atom. The molecule has 3 aromatic rings. The minimum absolute atomic E-state index is 0. The minimum Gasteiger partial charge on any atom is -0.490 e. The maximum Gasteiger partial charge on any atom is 0.191 e. The Morgan fingerprint density at radius 3 is 2.58 bits per heavy atom. The van der Waals surface area contributed by atoms with E-state index >= 15 is 0 Å². The largest absolute Gasteiger partial charge is 0.490 e. The van der Waals surface area contributed by atoms with E-state index in [1.807, 2.05) is 61.7 Å². The number of aromatic nitrogens is 3. The molecule has 31 heavy (non-hydrogen) atoms. The summed E-state index contributed by atoms with van der Waals surface area (Å²) in [5, 5.41) is 15.1.